The molecule has 5 rings (SSSR count). The Balaban J connectivity index is 1.60. The van der Waals surface area contributed by atoms with Crippen LogP contribution in [-0.4, -0.2) is 16.7 Å². The number of cyclic esters (lactones) is 1. The summed E-state index contributed by atoms with van der Waals surface area (Å²) in [7, 11) is 0. The highest BCUT2D eigenvalue weighted by Gasteiger charge is 2.52. The van der Waals surface area contributed by atoms with Gasteiger partial charge in [0.1, 0.15) is 5.76 Å². The first-order chi connectivity index (χ1) is 15.2. The van der Waals surface area contributed by atoms with E-state index < -0.39 is 5.60 Å². The molecule has 1 unspecified atom stereocenters. The zero-order valence-corrected chi connectivity index (χ0v) is 17.4. The number of benzene rings is 3. The number of ether oxygens (including phenoxy) is 1. The van der Waals surface area contributed by atoms with Crippen LogP contribution in [0.25, 0.3) is 0 Å². The molecule has 31 heavy (non-hydrogen) atoms. The largest absolute Gasteiger partial charge is 0.507 e. The van der Waals surface area contributed by atoms with Crippen LogP contribution in [0.3, 0.4) is 0 Å². The summed E-state index contributed by atoms with van der Waals surface area (Å²) in [6, 6.07) is 29.9. The second-order valence-electron chi connectivity index (χ2n) is 8.70. The fourth-order valence-corrected chi connectivity index (χ4v) is 4.81. The molecule has 1 N–H and O–H groups in total. The maximum atomic E-state index is 13.3. The number of aliphatic hydroxyl groups excluding tert-OH is 1. The number of carbonyl (C=O) groups excluding carboxylic acids is 1. The lowest BCUT2D eigenvalue weighted by Crippen LogP contribution is -2.37. The predicted octanol–water partition coefficient (Wildman–Crippen LogP) is 5.77. The maximum Gasteiger partial charge on any atom is 0.339 e. The van der Waals surface area contributed by atoms with Gasteiger partial charge in [-0.2, -0.15) is 0 Å². The third kappa shape index (κ3) is 3.88. The van der Waals surface area contributed by atoms with Crippen molar-refractivity contribution in [1.29, 1.82) is 0 Å². The van der Waals surface area contributed by atoms with Gasteiger partial charge in [-0.1, -0.05) is 91.0 Å². The molecule has 1 heterocycles. The van der Waals surface area contributed by atoms with E-state index in [0.29, 0.717) is 24.3 Å². The minimum Gasteiger partial charge on any atom is -0.507 e. The third-order valence-corrected chi connectivity index (χ3v) is 6.42. The van der Waals surface area contributed by atoms with E-state index in [-0.39, 0.29) is 17.6 Å². The van der Waals surface area contributed by atoms with E-state index in [2.05, 4.69) is 0 Å². The highest BCUT2D eigenvalue weighted by atomic mass is 16.6. The minimum absolute atomic E-state index is 0.103. The summed E-state index contributed by atoms with van der Waals surface area (Å²) in [5.74, 6) is -0.0328. The van der Waals surface area contributed by atoms with Crippen molar-refractivity contribution in [3.05, 3.63) is 119 Å². The molecule has 1 saturated carbocycles. The Kier molecular flexibility index (Phi) is 5.11. The van der Waals surface area contributed by atoms with Crippen LogP contribution in [0.1, 0.15) is 35.4 Å². The smallest absolute Gasteiger partial charge is 0.339 e. The van der Waals surface area contributed by atoms with Crippen LogP contribution in [-0.2, 0) is 22.4 Å². The Morgan fingerprint density at radius 1 is 0.806 bits per heavy atom. The van der Waals surface area contributed by atoms with Gasteiger partial charge in [0.15, 0.2) is 5.60 Å². The van der Waals surface area contributed by atoms with Crippen LogP contribution in [0.15, 0.2) is 102 Å². The SMILES string of the molecule is O=C1OC(Cc2ccccc2)(Cc2ccccc2)C(O)=C1C(c1ccccc1)C1CC1. The van der Waals surface area contributed by atoms with Gasteiger partial charge in [0.25, 0.3) is 0 Å². The number of hydrogen-bond acceptors (Lipinski definition) is 3. The fraction of sp³-hybridized carbons (Fsp3) is 0.250. The normalized spacial score (nSPS) is 18.6. The van der Waals surface area contributed by atoms with Crippen LogP contribution in [0.4, 0.5) is 0 Å². The zero-order chi connectivity index (χ0) is 21.3. The molecule has 0 saturated heterocycles. The molecule has 0 spiro atoms. The van der Waals surface area contributed by atoms with Crippen molar-refractivity contribution in [2.45, 2.75) is 37.2 Å². The van der Waals surface area contributed by atoms with Gasteiger partial charge in [-0.25, -0.2) is 4.79 Å². The van der Waals surface area contributed by atoms with Crippen LogP contribution in [0, 0.1) is 5.92 Å². The molecular formula is C28H26O3. The molecule has 3 aromatic rings. The molecule has 3 aromatic carbocycles. The fourth-order valence-electron chi connectivity index (χ4n) is 4.81. The number of aliphatic hydroxyl groups is 1. The van der Waals surface area contributed by atoms with Gasteiger partial charge >= 0.3 is 5.97 Å². The number of rotatable bonds is 7. The quantitative estimate of drug-likeness (QED) is 0.503. The lowest BCUT2D eigenvalue weighted by Gasteiger charge is -2.29. The van der Waals surface area contributed by atoms with Crippen LogP contribution >= 0.6 is 0 Å². The molecule has 0 amide bonds. The van der Waals surface area contributed by atoms with Gasteiger partial charge in [-0.3, -0.25) is 0 Å². The number of carbonyl (C=O) groups is 1. The molecule has 0 radical (unpaired) electrons. The van der Waals surface area contributed by atoms with E-state index in [0.717, 1.165) is 29.5 Å². The second kappa shape index (κ2) is 8.07. The highest BCUT2D eigenvalue weighted by Crippen LogP contribution is 2.51. The monoisotopic (exact) mass is 410 g/mol. The van der Waals surface area contributed by atoms with E-state index >= 15 is 0 Å². The van der Waals surface area contributed by atoms with Crippen molar-refractivity contribution < 1.29 is 14.6 Å². The average Bonchev–Trinajstić information content (AvgIpc) is 3.60. The number of hydrogen-bond donors (Lipinski definition) is 1. The van der Waals surface area contributed by atoms with E-state index in [1.165, 1.54) is 0 Å². The molecule has 2 aliphatic rings. The first kappa shape index (κ1) is 19.6. The summed E-state index contributed by atoms with van der Waals surface area (Å²) in [5, 5.41) is 11.6. The van der Waals surface area contributed by atoms with Gasteiger partial charge < -0.3 is 9.84 Å². The Labute approximate surface area is 183 Å². The Bertz CT molecular complexity index is 1040. The summed E-state index contributed by atoms with van der Waals surface area (Å²) in [5.41, 5.74) is 2.49. The molecule has 0 bridgehead atoms. The van der Waals surface area contributed by atoms with Gasteiger partial charge in [0.2, 0.25) is 0 Å². The van der Waals surface area contributed by atoms with Crippen molar-refractivity contribution in [3.8, 4) is 0 Å². The summed E-state index contributed by atoms with van der Waals surface area (Å²) >= 11 is 0. The number of esters is 1. The topological polar surface area (TPSA) is 46.5 Å². The minimum atomic E-state index is -1.09. The van der Waals surface area contributed by atoms with E-state index in [1.807, 2.05) is 91.0 Å². The van der Waals surface area contributed by atoms with E-state index in [9.17, 15) is 9.90 Å². The van der Waals surface area contributed by atoms with Crippen LogP contribution < -0.4 is 0 Å². The van der Waals surface area contributed by atoms with E-state index in [4.69, 9.17) is 4.74 Å². The van der Waals surface area contributed by atoms with E-state index in [1.54, 1.807) is 0 Å². The molecule has 1 aliphatic heterocycles. The lowest BCUT2D eigenvalue weighted by atomic mass is 9.81. The first-order valence-electron chi connectivity index (χ1n) is 11.0. The first-order valence-corrected chi connectivity index (χ1v) is 11.0. The summed E-state index contributed by atoms with van der Waals surface area (Å²) in [4.78, 5) is 13.3. The molecular weight excluding hydrogens is 384 g/mol. The van der Waals surface area contributed by atoms with Gasteiger partial charge in [0, 0.05) is 18.8 Å². The highest BCUT2D eigenvalue weighted by molar-refractivity contribution is 5.94. The zero-order valence-electron chi connectivity index (χ0n) is 17.4. The summed E-state index contributed by atoms with van der Waals surface area (Å²) in [6.45, 7) is 0. The summed E-state index contributed by atoms with van der Waals surface area (Å²) < 4.78 is 6.10. The standard InChI is InChI=1S/C28H26O3/c29-26-25(24(23-16-17-23)22-14-8-3-9-15-22)27(30)31-28(26,18-20-10-4-1-5-11-20)19-21-12-6-2-7-13-21/h1-15,23-24,29H,16-19H2. The molecule has 1 aliphatic carbocycles. The molecule has 156 valence electrons. The van der Waals surface area contributed by atoms with Crippen molar-refractivity contribution >= 4 is 5.97 Å². The molecule has 0 aromatic heterocycles. The van der Waals surface area contributed by atoms with Crippen LogP contribution in [0.5, 0.6) is 0 Å². The lowest BCUT2D eigenvalue weighted by molar-refractivity contribution is -0.148. The Hall–Kier alpha value is -3.33. The molecule has 1 fully saturated rings. The van der Waals surface area contributed by atoms with Crippen molar-refractivity contribution in [3.63, 3.8) is 0 Å². The summed E-state index contributed by atoms with van der Waals surface area (Å²) in [6.07, 6.45) is 3.01. The van der Waals surface area contributed by atoms with Crippen molar-refractivity contribution in [1.82, 2.24) is 0 Å². The molecule has 1 atom stereocenters. The van der Waals surface area contributed by atoms with Gasteiger partial charge in [-0.15, -0.1) is 0 Å². The maximum absolute atomic E-state index is 13.3. The Morgan fingerprint density at radius 2 is 1.29 bits per heavy atom. The van der Waals surface area contributed by atoms with Gasteiger partial charge in [-0.05, 0) is 35.4 Å². The van der Waals surface area contributed by atoms with Gasteiger partial charge in [0.05, 0.1) is 5.57 Å². The van der Waals surface area contributed by atoms with Crippen molar-refractivity contribution in [2.75, 3.05) is 0 Å². The molecule has 3 heteroatoms. The predicted molar refractivity (Wildman–Crippen MR) is 121 cm³/mol. The van der Waals surface area contributed by atoms with Crippen LogP contribution in [0.2, 0.25) is 0 Å². The average molecular weight is 411 g/mol. The van der Waals surface area contributed by atoms with Crippen molar-refractivity contribution in [2.24, 2.45) is 5.92 Å². The second-order valence-corrected chi connectivity index (χ2v) is 8.70. The molecule has 3 nitrogen and oxygen atoms in total. The third-order valence-electron chi connectivity index (χ3n) is 6.42. The Morgan fingerprint density at radius 3 is 1.77 bits per heavy atom.